The summed E-state index contributed by atoms with van der Waals surface area (Å²) in [5, 5.41) is 44.5. The van der Waals surface area contributed by atoms with Gasteiger partial charge in [0.05, 0.1) is 18.6 Å². The molecule has 2 aromatic rings. The first-order chi connectivity index (χ1) is 18.3. The second-order valence-corrected chi connectivity index (χ2v) is 8.89. The highest BCUT2D eigenvalue weighted by molar-refractivity contribution is 5.96. The number of aliphatic hydroxyl groups is 1. The Morgan fingerprint density at radius 1 is 0.897 bits per heavy atom. The van der Waals surface area contributed by atoms with Gasteiger partial charge in [0, 0.05) is 23.5 Å². The highest BCUT2D eigenvalue weighted by Crippen LogP contribution is 2.18. The van der Waals surface area contributed by atoms with Crippen molar-refractivity contribution in [3.63, 3.8) is 0 Å². The first kappa shape index (κ1) is 30.7. The number of aromatic nitrogens is 1. The number of hydrogen-bond donors (Lipinski definition) is 9. The Bertz CT molecular complexity index is 1230. The summed E-state index contributed by atoms with van der Waals surface area (Å²) in [6, 6.07) is 1.03. The number of carbonyl (C=O) groups excluding carboxylic acids is 3. The summed E-state index contributed by atoms with van der Waals surface area (Å²) in [5.41, 5.74) is 7.54. The Morgan fingerprint density at radius 3 is 2.13 bits per heavy atom. The molecule has 15 heteroatoms. The van der Waals surface area contributed by atoms with E-state index < -0.39 is 85.2 Å². The summed E-state index contributed by atoms with van der Waals surface area (Å²) < 4.78 is 0. The average Bonchev–Trinajstić information content (AvgIpc) is 3.26. The van der Waals surface area contributed by atoms with Crippen LogP contribution in [-0.4, -0.2) is 91.3 Å². The van der Waals surface area contributed by atoms with E-state index in [0.717, 1.165) is 17.8 Å². The van der Waals surface area contributed by atoms with Gasteiger partial charge in [-0.2, -0.15) is 0 Å². The molecule has 39 heavy (non-hydrogen) atoms. The van der Waals surface area contributed by atoms with Crippen LogP contribution in [0.5, 0.6) is 0 Å². The molecule has 0 fully saturated rings. The van der Waals surface area contributed by atoms with Gasteiger partial charge in [0.2, 0.25) is 17.7 Å². The van der Waals surface area contributed by atoms with Gasteiger partial charge in [0.1, 0.15) is 18.1 Å². The number of nitrogens with two attached hydrogens (primary N) is 1. The van der Waals surface area contributed by atoms with Crippen molar-refractivity contribution < 1.29 is 49.2 Å². The number of fused-ring (bicyclic) bond motifs is 1. The number of aliphatic carboxylic acids is 3. The van der Waals surface area contributed by atoms with E-state index in [-0.39, 0.29) is 6.42 Å². The monoisotopic (exact) mass is 549 g/mol. The van der Waals surface area contributed by atoms with Crippen molar-refractivity contribution >= 4 is 46.5 Å². The molecule has 1 aromatic carbocycles. The fourth-order valence-corrected chi connectivity index (χ4v) is 3.74. The Kier molecular flexibility index (Phi) is 10.9. The summed E-state index contributed by atoms with van der Waals surface area (Å²) in [7, 11) is 0. The fraction of sp³-hybridized carbons (Fsp3) is 0.417. The maximum absolute atomic E-state index is 12.9. The van der Waals surface area contributed by atoms with E-state index >= 15 is 0 Å². The van der Waals surface area contributed by atoms with Crippen molar-refractivity contribution in [2.24, 2.45) is 5.73 Å². The molecule has 0 radical (unpaired) electrons. The number of hydrogen-bond acceptors (Lipinski definition) is 8. The molecule has 2 rings (SSSR count). The topological polar surface area (TPSA) is 261 Å². The molecule has 1 aromatic heterocycles. The van der Waals surface area contributed by atoms with E-state index in [1.54, 1.807) is 12.3 Å². The second kappa shape index (κ2) is 13.9. The molecule has 0 aliphatic heterocycles. The lowest BCUT2D eigenvalue weighted by molar-refractivity contribution is -0.145. The zero-order chi connectivity index (χ0) is 29.3. The Balaban J connectivity index is 2.11. The van der Waals surface area contributed by atoms with Gasteiger partial charge in [-0.25, -0.2) is 4.79 Å². The van der Waals surface area contributed by atoms with E-state index in [1.807, 2.05) is 23.5 Å². The largest absolute Gasteiger partial charge is 0.481 e. The van der Waals surface area contributed by atoms with E-state index in [0.29, 0.717) is 5.56 Å². The van der Waals surface area contributed by atoms with Crippen molar-refractivity contribution in [2.75, 3.05) is 0 Å². The van der Waals surface area contributed by atoms with Gasteiger partial charge in [0.15, 0.2) is 0 Å². The van der Waals surface area contributed by atoms with Crippen LogP contribution < -0.4 is 21.7 Å². The zero-order valence-corrected chi connectivity index (χ0v) is 20.9. The summed E-state index contributed by atoms with van der Waals surface area (Å²) in [4.78, 5) is 74.7. The number of para-hydroxylation sites is 1. The molecule has 0 saturated heterocycles. The zero-order valence-electron chi connectivity index (χ0n) is 20.9. The minimum atomic E-state index is -1.75. The van der Waals surface area contributed by atoms with E-state index in [4.69, 9.17) is 10.8 Å². The van der Waals surface area contributed by atoms with Crippen LogP contribution in [-0.2, 0) is 35.2 Å². The molecule has 3 amide bonds. The Morgan fingerprint density at radius 2 is 1.54 bits per heavy atom. The number of aliphatic hydroxyl groups excluding tert-OH is 1. The van der Waals surface area contributed by atoms with Gasteiger partial charge in [-0.1, -0.05) is 18.2 Å². The Hall–Kier alpha value is -4.50. The quantitative estimate of drug-likeness (QED) is 0.121. The van der Waals surface area contributed by atoms with Crippen LogP contribution in [0.25, 0.3) is 10.9 Å². The molecule has 5 unspecified atom stereocenters. The molecule has 0 bridgehead atoms. The van der Waals surface area contributed by atoms with Gasteiger partial charge >= 0.3 is 17.9 Å². The molecule has 0 aliphatic rings. The molecular weight excluding hydrogens is 518 g/mol. The van der Waals surface area contributed by atoms with Crippen molar-refractivity contribution in [3.8, 4) is 0 Å². The third kappa shape index (κ3) is 9.08. The van der Waals surface area contributed by atoms with E-state index in [2.05, 4.69) is 15.6 Å². The third-order valence-corrected chi connectivity index (χ3v) is 5.79. The number of rotatable bonds is 15. The van der Waals surface area contributed by atoms with Crippen LogP contribution in [0, 0.1) is 0 Å². The number of carbonyl (C=O) groups is 6. The fourth-order valence-electron chi connectivity index (χ4n) is 3.74. The molecule has 1 heterocycles. The minimum Gasteiger partial charge on any atom is -0.481 e. The van der Waals surface area contributed by atoms with Crippen molar-refractivity contribution in [3.05, 3.63) is 36.0 Å². The molecule has 15 nitrogen and oxygen atoms in total. The highest BCUT2D eigenvalue weighted by Gasteiger charge is 2.33. The average molecular weight is 550 g/mol. The maximum atomic E-state index is 12.9. The van der Waals surface area contributed by atoms with Crippen molar-refractivity contribution in [1.82, 2.24) is 20.9 Å². The number of carboxylic acid groups (broad SMARTS) is 3. The lowest BCUT2D eigenvalue weighted by Crippen LogP contribution is -2.60. The van der Waals surface area contributed by atoms with Crippen molar-refractivity contribution in [1.29, 1.82) is 0 Å². The van der Waals surface area contributed by atoms with E-state index in [9.17, 15) is 44.1 Å². The van der Waals surface area contributed by atoms with Crippen LogP contribution in [0.1, 0.15) is 31.7 Å². The van der Waals surface area contributed by atoms with Gasteiger partial charge < -0.3 is 47.1 Å². The van der Waals surface area contributed by atoms with Crippen molar-refractivity contribution in [2.45, 2.75) is 62.9 Å². The number of nitrogens with one attached hydrogen (secondary N) is 4. The summed E-state index contributed by atoms with van der Waals surface area (Å²) in [6.45, 7) is 1.11. The summed E-state index contributed by atoms with van der Waals surface area (Å²) in [6.07, 6.45) is -1.78. The van der Waals surface area contributed by atoms with Crippen LogP contribution >= 0.6 is 0 Å². The standard InChI is InChI=1S/C24H31N5O10/c1-11(30)20(23(37)27-16(24(38)39)6-7-18(31)32)29-22(36)17(9-19(33)34)28-21(35)14(25)8-12-10-26-15-5-3-2-4-13(12)15/h2-5,10-11,14,16-17,20,26,30H,6-9,25H2,1H3,(H,27,37)(H,28,35)(H,29,36)(H,31,32)(H,33,34)(H,38,39). The highest BCUT2D eigenvalue weighted by atomic mass is 16.4. The lowest BCUT2D eigenvalue weighted by atomic mass is 10.0. The first-order valence-corrected chi connectivity index (χ1v) is 11.9. The number of aromatic amines is 1. The summed E-state index contributed by atoms with van der Waals surface area (Å²) >= 11 is 0. The molecule has 0 spiro atoms. The van der Waals surface area contributed by atoms with Gasteiger partial charge in [-0.3, -0.25) is 24.0 Å². The summed E-state index contributed by atoms with van der Waals surface area (Å²) in [5.74, 6) is -7.46. The predicted molar refractivity (Wildman–Crippen MR) is 134 cm³/mol. The SMILES string of the molecule is CC(O)C(NC(=O)C(CC(=O)O)NC(=O)C(N)Cc1c[nH]c2ccccc12)C(=O)NC(CCC(=O)O)C(=O)O. The third-order valence-electron chi connectivity index (χ3n) is 5.79. The molecule has 5 atom stereocenters. The smallest absolute Gasteiger partial charge is 0.326 e. The van der Waals surface area contributed by atoms with Gasteiger partial charge in [-0.15, -0.1) is 0 Å². The molecular formula is C24H31N5O10. The van der Waals surface area contributed by atoms with Gasteiger partial charge in [-0.05, 0) is 31.4 Å². The number of benzene rings is 1. The van der Waals surface area contributed by atoms with Crippen LogP contribution in [0.2, 0.25) is 0 Å². The van der Waals surface area contributed by atoms with Gasteiger partial charge in [0.25, 0.3) is 0 Å². The van der Waals surface area contributed by atoms with Crippen LogP contribution in [0.4, 0.5) is 0 Å². The van der Waals surface area contributed by atoms with Crippen LogP contribution in [0.3, 0.4) is 0 Å². The van der Waals surface area contributed by atoms with Crippen LogP contribution in [0.15, 0.2) is 30.5 Å². The molecule has 0 aliphatic carbocycles. The second-order valence-electron chi connectivity index (χ2n) is 8.89. The first-order valence-electron chi connectivity index (χ1n) is 11.9. The molecule has 212 valence electrons. The number of H-pyrrole nitrogens is 1. The Labute approximate surface area is 221 Å². The molecule has 10 N–H and O–H groups in total. The number of carboxylic acids is 3. The molecule has 0 saturated carbocycles. The minimum absolute atomic E-state index is 0.0584. The maximum Gasteiger partial charge on any atom is 0.326 e. The lowest BCUT2D eigenvalue weighted by Gasteiger charge is -2.26. The predicted octanol–water partition coefficient (Wildman–Crippen LogP) is -1.70. The normalized spacial score (nSPS) is 14.8. The number of amides is 3. The van der Waals surface area contributed by atoms with E-state index in [1.165, 1.54) is 0 Å².